The fraction of sp³-hybridized carbons (Fsp3) is 0.316. The second-order valence-electron chi connectivity index (χ2n) is 5.78. The highest BCUT2D eigenvalue weighted by Gasteiger charge is 2.11. The summed E-state index contributed by atoms with van der Waals surface area (Å²) < 4.78 is 5.76. The van der Waals surface area contributed by atoms with Crippen molar-refractivity contribution < 1.29 is 4.74 Å². The number of hydrogen-bond acceptors (Lipinski definition) is 4. The van der Waals surface area contributed by atoms with Crippen LogP contribution in [-0.4, -0.2) is 31.0 Å². The predicted octanol–water partition coefficient (Wildman–Crippen LogP) is 3.41. The van der Waals surface area contributed by atoms with E-state index in [1.807, 2.05) is 18.2 Å². The molecule has 5 heteroatoms. The van der Waals surface area contributed by atoms with Gasteiger partial charge < -0.3 is 15.0 Å². The molecule has 1 aliphatic heterocycles. The van der Waals surface area contributed by atoms with Crippen LogP contribution in [0.1, 0.15) is 16.7 Å². The molecular formula is C19H24IN3O. The zero-order valence-electron chi connectivity index (χ0n) is 13.9. The zero-order chi connectivity index (χ0) is 15.9. The van der Waals surface area contributed by atoms with Gasteiger partial charge in [0.2, 0.25) is 0 Å². The molecule has 0 bridgehead atoms. The zero-order valence-corrected chi connectivity index (χ0v) is 16.3. The van der Waals surface area contributed by atoms with Gasteiger partial charge in [0.15, 0.2) is 5.96 Å². The fourth-order valence-electron chi connectivity index (χ4n) is 2.52. The number of ether oxygens (including phenoxy) is 1. The van der Waals surface area contributed by atoms with Gasteiger partial charge in [-0.1, -0.05) is 54.6 Å². The van der Waals surface area contributed by atoms with E-state index in [0.29, 0.717) is 13.2 Å². The van der Waals surface area contributed by atoms with Crippen molar-refractivity contribution in [3.63, 3.8) is 0 Å². The molecule has 3 rings (SSSR count). The van der Waals surface area contributed by atoms with Gasteiger partial charge in [0, 0.05) is 20.1 Å². The van der Waals surface area contributed by atoms with Crippen LogP contribution in [0.4, 0.5) is 0 Å². The minimum Gasteiger partial charge on any atom is -0.372 e. The first-order valence-electron chi connectivity index (χ1n) is 8.00. The highest BCUT2D eigenvalue weighted by molar-refractivity contribution is 14.0. The molecule has 0 aliphatic carbocycles. The average molecular weight is 437 g/mol. The van der Waals surface area contributed by atoms with Crippen LogP contribution in [0.5, 0.6) is 0 Å². The van der Waals surface area contributed by atoms with Gasteiger partial charge in [-0.25, -0.2) is 0 Å². The summed E-state index contributed by atoms with van der Waals surface area (Å²) in [6.45, 7) is 3.97. The standard InChI is InChI=1S/C19H23N3O.HI/c1-22-12-11-20-19(22)21-13-16-7-9-18(10-8-16)15-23-14-17-5-3-2-4-6-17;/h2-10H,11-15H2,1H3,(H,20,21);1H. The molecule has 0 amide bonds. The van der Waals surface area contributed by atoms with E-state index in [2.05, 4.69) is 58.7 Å². The lowest BCUT2D eigenvalue weighted by molar-refractivity contribution is 0.107. The maximum absolute atomic E-state index is 5.76. The van der Waals surface area contributed by atoms with Crippen LogP contribution in [0, 0.1) is 0 Å². The van der Waals surface area contributed by atoms with E-state index in [1.165, 1.54) is 16.7 Å². The van der Waals surface area contributed by atoms with Crippen molar-refractivity contribution in [2.45, 2.75) is 19.8 Å². The second-order valence-corrected chi connectivity index (χ2v) is 5.78. The molecule has 2 aromatic carbocycles. The first-order chi connectivity index (χ1) is 11.3. The highest BCUT2D eigenvalue weighted by atomic mass is 127. The molecular weight excluding hydrogens is 413 g/mol. The quantitative estimate of drug-likeness (QED) is 0.704. The molecule has 1 aliphatic rings. The van der Waals surface area contributed by atoms with Gasteiger partial charge in [0.1, 0.15) is 0 Å². The second kappa shape index (κ2) is 9.64. The molecule has 0 spiro atoms. The topological polar surface area (TPSA) is 36.9 Å². The largest absolute Gasteiger partial charge is 0.372 e. The molecule has 0 atom stereocenters. The van der Waals surface area contributed by atoms with Gasteiger partial charge in [-0.15, -0.1) is 24.0 Å². The van der Waals surface area contributed by atoms with Crippen LogP contribution in [0.15, 0.2) is 59.6 Å². The number of benzene rings is 2. The smallest absolute Gasteiger partial charge is 0.194 e. The van der Waals surface area contributed by atoms with Gasteiger partial charge in [-0.05, 0) is 16.7 Å². The lowest BCUT2D eigenvalue weighted by Crippen LogP contribution is -2.35. The van der Waals surface area contributed by atoms with E-state index in [1.54, 1.807) is 0 Å². The van der Waals surface area contributed by atoms with Gasteiger partial charge >= 0.3 is 0 Å². The Balaban J connectivity index is 0.00000208. The Labute approximate surface area is 160 Å². The molecule has 0 radical (unpaired) electrons. The molecule has 4 nitrogen and oxygen atoms in total. The summed E-state index contributed by atoms with van der Waals surface area (Å²) in [5.74, 6) is 0.986. The van der Waals surface area contributed by atoms with Crippen molar-refractivity contribution in [2.75, 3.05) is 20.1 Å². The minimum absolute atomic E-state index is 0. The third-order valence-electron chi connectivity index (χ3n) is 3.91. The van der Waals surface area contributed by atoms with Crippen molar-refractivity contribution in [2.24, 2.45) is 4.99 Å². The van der Waals surface area contributed by atoms with Crippen LogP contribution in [0.3, 0.4) is 0 Å². The molecule has 1 heterocycles. The molecule has 0 aromatic heterocycles. The van der Waals surface area contributed by atoms with Crippen LogP contribution in [0.25, 0.3) is 0 Å². The number of nitrogens with zero attached hydrogens (tertiary/aromatic N) is 2. The highest BCUT2D eigenvalue weighted by Crippen LogP contribution is 2.08. The summed E-state index contributed by atoms with van der Waals surface area (Å²) >= 11 is 0. The lowest BCUT2D eigenvalue weighted by Gasteiger charge is -2.15. The van der Waals surface area contributed by atoms with Crippen LogP contribution >= 0.6 is 24.0 Å². The van der Waals surface area contributed by atoms with Gasteiger partial charge in [-0.2, -0.15) is 0 Å². The van der Waals surface area contributed by atoms with Crippen molar-refractivity contribution in [1.82, 2.24) is 10.2 Å². The Hall–Kier alpha value is -1.60. The van der Waals surface area contributed by atoms with Crippen LogP contribution < -0.4 is 5.32 Å². The van der Waals surface area contributed by atoms with Crippen molar-refractivity contribution in [1.29, 1.82) is 0 Å². The summed E-state index contributed by atoms with van der Waals surface area (Å²) in [4.78, 5) is 6.57. The third-order valence-corrected chi connectivity index (χ3v) is 3.91. The Morgan fingerprint density at radius 2 is 1.58 bits per heavy atom. The van der Waals surface area contributed by atoms with Gasteiger partial charge in [0.05, 0.1) is 19.8 Å². The van der Waals surface area contributed by atoms with Crippen molar-refractivity contribution in [3.05, 3.63) is 71.3 Å². The molecule has 0 fully saturated rings. The summed E-state index contributed by atoms with van der Waals surface area (Å²) in [5.41, 5.74) is 3.65. The number of guanidine groups is 1. The lowest BCUT2D eigenvalue weighted by atomic mass is 10.1. The maximum Gasteiger partial charge on any atom is 0.194 e. The summed E-state index contributed by atoms with van der Waals surface area (Å²) in [6, 6.07) is 18.8. The summed E-state index contributed by atoms with van der Waals surface area (Å²) in [7, 11) is 2.06. The fourth-order valence-corrected chi connectivity index (χ4v) is 2.52. The normalized spacial score (nSPS) is 13.4. The summed E-state index contributed by atoms with van der Waals surface area (Å²) in [5, 5.41) is 3.38. The predicted molar refractivity (Wildman–Crippen MR) is 109 cm³/mol. The molecule has 2 aromatic rings. The molecule has 0 saturated heterocycles. The van der Waals surface area contributed by atoms with E-state index in [9.17, 15) is 0 Å². The first kappa shape index (κ1) is 18.7. The van der Waals surface area contributed by atoms with E-state index < -0.39 is 0 Å². The molecule has 24 heavy (non-hydrogen) atoms. The van der Waals surface area contributed by atoms with Crippen LogP contribution in [-0.2, 0) is 24.5 Å². The number of hydrogen-bond donors (Lipinski definition) is 1. The molecule has 128 valence electrons. The Morgan fingerprint density at radius 1 is 0.958 bits per heavy atom. The van der Waals surface area contributed by atoms with E-state index in [0.717, 1.165) is 25.6 Å². The Morgan fingerprint density at radius 3 is 2.21 bits per heavy atom. The number of rotatable bonds is 6. The Bertz CT molecular complexity index is 643. The summed E-state index contributed by atoms with van der Waals surface area (Å²) in [6.07, 6.45) is 0. The molecule has 1 N–H and O–H groups in total. The number of halogens is 1. The van der Waals surface area contributed by atoms with Crippen molar-refractivity contribution in [3.8, 4) is 0 Å². The number of nitrogens with one attached hydrogen (secondary N) is 1. The SMILES string of the molecule is CN1CCN=C1NCc1ccc(COCc2ccccc2)cc1.I. The number of aliphatic imine (C=N–C) groups is 1. The Kier molecular flexibility index (Phi) is 7.52. The molecule has 0 saturated carbocycles. The van der Waals surface area contributed by atoms with E-state index in [4.69, 9.17) is 4.74 Å². The van der Waals surface area contributed by atoms with E-state index in [-0.39, 0.29) is 24.0 Å². The van der Waals surface area contributed by atoms with Gasteiger partial charge in [0.25, 0.3) is 0 Å². The average Bonchev–Trinajstić information content (AvgIpc) is 3.00. The maximum atomic E-state index is 5.76. The third kappa shape index (κ3) is 5.49. The van der Waals surface area contributed by atoms with Crippen molar-refractivity contribution >= 4 is 29.9 Å². The van der Waals surface area contributed by atoms with Crippen LogP contribution in [0.2, 0.25) is 0 Å². The minimum atomic E-state index is 0. The van der Waals surface area contributed by atoms with Gasteiger partial charge in [-0.3, -0.25) is 4.99 Å². The first-order valence-corrected chi connectivity index (χ1v) is 8.00. The molecule has 0 unspecified atom stereocenters. The van der Waals surface area contributed by atoms with E-state index >= 15 is 0 Å². The monoisotopic (exact) mass is 437 g/mol. The number of likely N-dealkylation sites (N-methyl/N-ethyl adjacent to an activating group) is 1.